The van der Waals surface area contributed by atoms with E-state index >= 15 is 0 Å². The lowest BCUT2D eigenvalue weighted by atomic mass is 10.0. The topological polar surface area (TPSA) is 37.9 Å². The normalized spacial score (nSPS) is 11.2. The molecule has 1 N–H and O–H groups in total. The number of halogens is 3. The van der Waals surface area contributed by atoms with Gasteiger partial charge in [-0.2, -0.15) is 8.78 Å². The maximum atomic E-state index is 12.4. The van der Waals surface area contributed by atoms with Gasteiger partial charge >= 0.3 is 6.61 Å². The molecule has 2 aromatic carbocycles. The molecule has 20 heavy (non-hydrogen) atoms. The Balaban J connectivity index is 2.17. The van der Waals surface area contributed by atoms with Crippen LogP contribution in [-0.4, -0.2) is 16.6 Å². The number of nitrogens with one attached hydrogen (secondary N) is 1. The highest BCUT2D eigenvalue weighted by Gasteiger charge is 2.15. The van der Waals surface area contributed by atoms with Gasteiger partial charge in [-0.25, -0.2) is 4.98 Å². The predicted octanol–water partition coefficient (Wildman–Crippen LogP) is 4.48. The molecule has 0 unspecified atom stereocenters. The zero-order valence-corrected chi connectivity index (χ0v) is 10.9. The van der Waals surface area contributed by atoms with Crippen LogP contribution in [0.15, 0.2) is 42.7 Å². The lowest BCUT2D eigenvalue weighted by Crippen LogP contribution is -2.03. The number of hydrogen-bond donors (Lipinski definition) is 1. The molecule has 6 heteroatoms. The maximum Gasteiger partial charge on any atom is 0.387 e. The predicted molar refractivity (Wildman–Crippen MR) is 73.2 cm³/mol. The lowest BCUT2D eigenvalue weighted by molar-refractivity contribution is -0.0494. The standard InChI is InChI=1S/C14H9ClF2N2O/c15-12-9(5-6-10-13(12)19-7-18-10)8-3-1-2-4-11(8)20-14(16)17/h1-7,14H,(H,18,19). The fourth-order valence-corrected chi connectivity index (χ4v) is 2.38. The Morgan fingerprint density at radius 1 is 1.10 bits per heavy atom. The summed E-state index contributed by atoms with van der Waals surface area (Å²) in [6.45, 7) is -2.89. The van der Waals surface area contributed by atoms with Crippen molar-refractivity contribution in [3.05, 3.63) is 47.7 Å². The monoisotopic (exact) mass is 294 g/mol. The van der Waals surface area contributed by atoms with Crippen molar-refractivity contribution in [3.8, 4) is 16.9 Å². The van der Waals surface area contributed by atoms with Crippen LogP contribution in [0.4, 0.5) is 8.78 Å². The van der Waals surface area contributed by atoms with E-state index in [0.29, 0.717) is 21.7 Å². The number of aromatic amines is 1. The van der Waals surface area contributed by atoms with Crippen LogP contribution in [0.5, 0.6) is 5.75 Å². The quantitative estimate of drug-likeness (QED) is 0.773. The fraction of sp³-hybridized carbons (Fsp3) is 0.0714. The molecular formula is C14H9ClF2N2O. The molecule has 3 nitrogen and oxygen atoms in total. The van der Waals surface area contributed by atoms with Crippen molar-refractivity contribution in [2.75, 3.05) is 0 Å². The molecule has 0 amide bonds. The van der Waals surface area contributed by atoms with Crippen LogP contribution in [0.2, 0.25) is 5.02 Å². The first-order valence-electron chi connectivity index (χ1n) is 5.82. The maximum absolute atomic E-state index is 12.4. The SMILES string of the molecule is FC(F)Oc1ccccc1-c1ccc2[nH]cnc2c1Cl. The van der Waals surface area contributed by atoms with Crippen LogP contribution in [0.25, 0.3) is 22.2 Å². The van der Waals surface area contributed by atoms with E-state index in [1.165, 1.54) is 12.4 Å². The van der Waals surface area contributed by atoms with Gasteiger partial charge in [-0.05, 0) is 12.1 Å². The first-order valence-corrected chi connectivity index (χ1v) is 6.20. The highest BCUT2D eigenvalue weighted by molar-refractivity contribution is 6.37. The molecule has 0 saturated carbocycles. The second kappa shape index (κ2) is 5.09. The summed E-state index contributed by atoms with van der Waals surface area (Å²) in [5.74, 6) is 0.0827. The average Bonchev–Trinajstić information content (AvgIpc) is 2.89. The minimum atomic E-state index is -2.89. The van der Waals surface area contributed by atoms with Crippen molar-refractivity contribution in [2.45, 2.75) is 6.61 Å². The second-order valence-electron chi connectivity index (χ2n) is 4.10. The van der Waals surface area contributed by atoms with Crippen molar-refractivity contribution in [3.63, 3.8) is 0 Å². The summed E-state index contributed by atoms with van der Waals surface area (Å²) in [7, 11) is 0. The average molecular weight is 295 g/mol. The van der Waals surface area contributed by atoms with E-state index in [1.807, 2.05) is 0 Å². The number of fused-ring (bicyclic) bond motifs is 1. The summed E-state index contributed by atoms with van der Waals surface area (Å²) in [6.07, 6.45) is 1.53. The number of nitrogens with zero attached hydrogens (tertiary/aromatic N) is 1. The van der Waals surface area contributed by atoms with Gasteiger partial charge in [-0.1, -0.05) is 35.9 Å². The zero-order valence-electron chi connectivity index (χ0n) is 10.1. The third-order valence-electron chi connectivity index (χ3n) is 2.92. The number of ether oxygens (including phenoxy) is 1. The Bertz CT molecular complexity index is 758. The molecule has 3 rings (SSSR count). The molecule has 0 radical (unpaired) electrons. The van der Waals surface area contributed by atoms with Gasteiger partial charge in [0.2, 0.25) is 0 Å². The second-order valence-corrected chi connectivity index (χ2v) is 4.48. The summed E-state index contributed by atoms with van der Waals surface area (Å²) in [4.78, 5) is 7.06. The molecule has 102 valence electrons. The number of hydrogen-bond acceptors (Lipinski definition) is 2. The van der Waals surface area contributed by atoms with Gasteiger partial charge in [-0.3, -0.25) is 0 Å². The highest BCUT2D eigenvalue weighted by Crippen LogP contribution is 2.38. The van der Waals surface area contributed by atoms with Gasteiger partial charge in [0.15, 0.2) is 0 Å². The smallest absolute Gasteiger partial charge is 0.387 e. The Labute approximate surface area is 118 Å². The van der Waals surface area contributed by atoms with Crippen molar-refractivity contribution in [1.29, 1.82) is 0 Å². The van der Waals surface area contributed by atoms with E-state index in [1.54, 1.807) is 30.3 Å². The number of benzene rings is 2. The number of rotatable bonds is 3. The first-order chi connectivity index (χ1) is 9.66. The van der Waals surface area contributed by atoms with Crippen LogP contribution < -0.4 is 4.74 Å². The van der Waals surface area contributed by atoms with Gasteiger partial charge < -0.3 is 9.72 Å². The van der Waals surface area contributed by atoms with E-state index in [4.69, 9.17) is 11.6 Å². The zero-order chi connectivity index (χ0) is 14.1. The van der Waals surface area contributed by atoms with Crippen LogP contribution in [0, 0.1) is 0 Å². The fourth-order valence-electron chi connectivity index (χ4n) is 2.07. The molecule has 1 aromatic heterocycles. The van der Waals surface area contributed by atoms with E-state index in [0.717, 1.165) is 5.52 Å². The third kappa shape index (κ3) is 2.20. The highest BCUT2D eigenvalue weighted by atomic mass is 35.5. The summed E-state index contributed by atoms with van der Waals surface area (Å²) in [6, 6.07) is 10.1. The van der Waals surface area contributed by atoms with E-state index < -0.39 is 6.61 Å². The Kier molecular flexibility index (Phi) is 3.28. The molecule has 0 atom stereocenters. The van der Waals surface area contributed by atoms with E-state index in [-0.39, 0.29) is 5.75 Å². The molecule has 0 aliphatic carbocycles. The molecule has 0 aliphatic heterocycles. The van der Waals surface area contributed by atoms with Gasteiger partial charge in [-0.15, -0.1) is 0 Å². The van der Waals surface area contributed by atoms with Gasteiger partial charge in [0.25, 0.3) is 0 Å². The minimum Gasteiger partial charge on any atom is -0.434 e. The lowest BCUT2D eigenvalue weighted by Gasteiger charge is -2.12. The number of H-pyrrole nitrogens is 1. The Hall–Kier alpha value is -2.14. The molecular weight excluding hydrogens is 286 g/mol. The number of alkyl halides is 2. The van der Waals surface area contributed by atoms with E-state index in [9.17, 15) is 8.78 Å². The molecule has 3 aromatic rings. The molecule has 0 fully saturated rings. The van der Waals surface area contributed by atoms with Crippen LogP contribution >= 0.6 is 11.6 Å². The largest absolute Gasteiger partial charge is 0.434 e. The summed E-state index contributed by atoms with van der Waals surface area (Å²) < 4.78 is 29.4. The number of para-hydroxylation sites is 1. The van der Waals surface area contributed by atoms with Crippen LogP contribution in [-0.2, 0) is 0 Å². The Morgan fingerprint density at radius 2 is 1.90 bits per heavy atom. The summed E-state index contributed by atoms with van der Waals surface area (Å²) in [5.41, 5.74) is 2.48. The molecule has 1 heterocycles. The third-order valence-corrected chi connectivity index (χ3v) is 3.31. The Morgan fingerprint density at radius 3 is 2.70 bits per heavy atom. The first kappa shape index (κ1) is 12.9. The number of aromatic nitrogens is 2. The molecule has 0 saturated heterocycles. The molecule has 0 aliphatic rings. The van der Waals surface area contributed by atoms with Crippen molar-refractivity contribution >= 4 is 22.6 Å². The van der Waals surface area contributed by atoms with Crippen molar-refractivity contribution < 1.29 is 13.5 Å². The van der Waals surface area contributed by atoms with Crippen molar-refractivity contribution in [1.82, 2.24) is 9.97 Å². The van der Waals surface area contributed by atoms with Crippen LogP contribution in [0.3, 0.4) is 0 Å². The van der Waals surface area contributed by atoms with Gasteiger partial charge in [0.05, 0.1) is 16.9 Å². The molecule has 0 bridgehead atoms. The van der Waals surface area contributed by atoms with Crippen LogP contribution in [0.1, 0.15) is 0 Å². The summed E-state index contributed by atoms with van der Waals surface area (Å²) >= 11 is 6.30. The van der Waals surface area contributed by atoms with Gasteiger partial charge in [0, 0.05) is 11.1 Å². The summed E-state index contributed by atoms with van der Waals surface area (Å²) in [5, 5.41) is 0.397. The van der Waals surface area contributed by atoms with E-state index in [2.05, 4.69) is 14.7 Å². The van der Waals surface area contributed by atoms with Gasteiger partial charge in [0.1, 0.15) is 11.3 Å². The van der Waals surface area contributed by atoms with Crippen molar-refractivity contribution in [2.24, 2.45) is 0 Å². The minimum absolute atomic E-state index is 0.0827. The molecule has 0 spiro atoms. The number of imidazole rings is 1.